The van der Waals surface area contributed by atoms with Crippen LogP contribution in [0.15, 0.2) is 49.0 Å². The van der Waals surface area contributed by atoms with Crippen molar-refractivity contribution in [2.45, 2.75) is 47.5 Å². The molecule has 0 unspecified atom stereocenters. The van der Waals surface area contributed by atoms with Gasteiger partial charge in [-0.25, -0.2) is 13.2 Å². The molecule has 0 heterocycles. The maximum Gasteiger partial charge on any atom is 0.183 e. The first kappa shape index (κ1) is 24.9. The monoisotopic (exact) mass is 471 g/mol. The molecule has 174 valence electrons. The standard InChI is InChI=1S/C28H29ClF3N/c1-7-18-9-8-10-19(24(18)30)14-20-15-21(17(3)28(4,5)6)27(26(32)25(20)31)33-23-12-11-16(2)13-22(23)29/h8-13,15,33H,3,7,14H2,1-2,4-6H3. The van der Waals surface area contributed by atoms with Crippen molar-refractivity contribution < 1.29 is 13.2 Å². The summed E-state index contributed by atoms with van der Waals surface area (Å²) in [7, 11) is 0. The highest BCUT2D eigenvalue weighted by Gasteiger charge is 2.26. The number of anilines is 2. The van der Waals surface area contributed by atoms with Crippen LogP contribution in [-0.4, -0.2) is 0 Å². The lowest BCUT2D eigenvalue weighted by Crippen LogP contribution is -2.12. The Labute approximate surface area is 199 Å². The van der Waals surface area contributed by atoms with Crippen LogP contribution in [0.2, 0.25) is 5.02 Å². The zero-order valence-corrected chi connectivity index (χ0v) is 20.4. The summed E-state index contributed by atoms with van der Waals surface area (Å²) in [6.45, 7) is 13.8. The molecular formula is C28H29ClF3N. The number of rotatable bonds is 6. The van der Waals surface area contributed by atoms with E-state index in [4.69, 9.17) is 11.6 Å². The molecule has 0 aliphatic carbocycles. The number of aryl methyl sites for hydroxylation is 2. The van der Waals surface area contributed by atoms with Crippen LogP contribution in [0, 0.1) is 29.8 Å². The van der Waals surface area contributed by atoms with Crippen LogP contribution in [-0.2, 0) is 12.8 Å². The van der Waals surface area contributed by atoms with Gasteiger partial charge in [-0.05, 0) is 64.8 Å². The van der Waals surface area contributed by atoms with Gasteiger partial charge in [-0.1, -0.05) is 70.1 Å². The second-order valence-corrected chi connectivity index (χ2v) is 9.75. The molecular weight excluding hydrogens is 443 g/mol. The summed E-state index contributed by atoms with van der Waals surface area (Å²) >= 11 is 6.34. The first-order valence-electron chi connectivity index (χ1n) is 10.9. The normalized spacial score (nSPS) is 11.5. The number of halogens is 4. The molecule has 0 spiro atoms. The molecule has 33 heavy (non-hydrogen) atoms. The lowest BCUT2D eigenvalue weighted by molar-refractivity contribution is 0.501. The SMILES string of the molecule is C=C(c1cc(Cc2cccc(CC)c2F)c(F)c(F)c1Nc1ccc(C)cc1Cl)C(C)(C)C. The Morgan fingerprint density at radius 3 is 2.21 bits per heavy atom. The number of allylic oxidation sites excluding steroid dienone is 1. The van der Waals surface area contributed by atoms with Crippen molar-refractivity contribution in [2.24, 2.45) is 5.41 Å². The molecule has 0 aromatic heterocycles. The van der Waals surface area contributed by atoms with Crippen LogP contribution in [0.25, 0.3) is 5.57 Å². The molecule has 3 rings (SSSR count). The van der Waals surface area contributed by atoms with Crippen molar-refractivity contribution in [1.29, 1.82) is 0 Å². The van der Waals surface area contributed by atoms with E-state index in [9.17, 15) is 4.39 Å². The molecule has 0 aliphatic heterocycles. The molecule has 0 aliphatic rings. The minimum atomic E-state index is -1.04. The van der Waals surface area contributed by atoms with Crippen LogP contribution in [0.3, 0.4) is 0 Å². The third-order valence-electron chi connectivity index (χ3n) is 5.82. The summed E-state index contributed by atoms with van der Waals surface area (Å²) in [5.74, 6) is -2.45. The maximum absolute atomic E-state index is 15.5. The van der Waals surface area contributed by atoms with Crippen LogP contribution in [0.5, 0.6) is 0 Å². The van der Waals surface area contributed by atoms with E-state index in [0.717, 1.165) is 5.56 Å². The Kier molecular flexibility index (Phi) is 7.28. The van der Waals surface area contributed by atoms with Crippen LogP contribution in [0.4, 0.5) is 24.5 Å². The lowest BCUT2D eigenvalue weighted by atomic mass is 9.81. The summed E-state index contributed by atoms with van der Waals surface area (Å²) in [6.07, 6.45) is 0.446. The molecule has 0 fully saturated rings. The van der Waals surface area contributed by atoms with E-state index in [1.165, 1.54) is 0 Å². The van der Waals surface area contributed by atoms with Crippen molar-refractivity contribution in [3.63, 3.8) is 0 Å². The zero-order valence-electron chi connectivity index (χ0n) is 19.7. The third-order valence-corrected chi connectivity index (χ3v) is 6.13. The van der Waals surface area contributed by atoms with Gasteiger partial charge in [-0.2, -0.15) is 0 Å². The molecule has 5 heteroatoms. The van der Waals surface area contributed by atoms with Crippen molar-refractivity contribution in [3.8, 4) is 0 Å². The molecule has 0 saturated heterocycles. The topological polar surface area (TPSA) is 12.0 Å². The minimum absolute atomic E-state index is 0.0373. The molecule has 0 radical (unpaired) electrons. The molecule has 1 N–H and O–H groups in total. The number of nitrogens with one attached hydrogen (secondary N) is 1. The van der Waals surface area contributed by atoms with E-state index in [1.54, 1.807) is 36.4 Å². The third kappa shape index (κ3) is 5.27. The van der Waals surface area contributed by atoms with Gasteiger partial charge in [0, 0.05) is 12.0 Å². The summed E-state index contributed by atoms with van der Waals surface area (Å²) in [5, 5.41) is 3.36. The average molecular weight is 472 g/mol. The lowest BCUT2D eigenvalue weighted by Gasteiger charge is -2.26. The molecule has 0 saturated carbocycles. The van der Waals surface area contributed by atoms with Crippen LogP contribution < -0.4 is 5.32 Å². The molecule has 1 nitrogen and oxygen atoms in total. The average Bonchev–Trinajstić information content (AvgIpc) is 2.75. The fourth-order valence-corrected chi connectivity index (χ4v) is 3.96. The highest BCUT2D eigenvalue weighted by molar-refractivity contribution is 6.33. The van der Waals surface area contributed by atoms with Crippen LogP contribution in [0.1, 0.15) is 55.5 Å². The predicted molar refractivity (Wildman–Crippen MR) is 133 cm³/mol. The van der Waals surface area contributed by atoms with Gasteiger partial charge >= 0.3 is 0 Å². The van der Waals surface area contributed by atoms with Crippen molar-refractivity contribution >= 4 is 28.5 Å². The van der Waals surface area contributed by atoms with Crippen LogP contribution >= 0.6 is 11.6 Å². The largest absolute Gasteiger partial charge is 0.351 e. The Morgan fingerprint density at radius 2 is 1.61 bits per heavy atom. The summed E-state index contributed by atoms with van der Waals surface area (Å²) in [4.78, 5) is 0. The highest BCUT2D eigenvalue weighted by atomic mass is 35.5. The van der Waals surface area contributed by atoms with Gasteiger partial charge in [-0.3, -0.25) is 0 Å². The number of benzene rings is 3. The predicted octanol–water partition coefficient (Wildman–Crippen LogP) is 9.02. The maximum atomic E-state index is 15.5. The molecule has 3 aromatic rings. The van der Waals surface area contributed by atoms with Gasteiger partial charge < -0.3 is 5.32 Å². The Hall–Kier alpha value is -2.72. The number of hydrogen-bond donors (Lipinski definition) is 1. The van der Waals surface area contributed by atoms with Crippen molar-refractivity contribution in [1.82, 2.24) is 0 Å². The Bertz CT molecular complexity index is 1210. The second kappa shape index (κ2) is 9.64. The van der Waals surface area contributed by atoms with Gasteiger partial charge in [0.05, 0.1) is 16.4 Å². The van der Waals surface area contributed by atoms with Gasteiger partial charge in [0.15, 0.2) is 11.6 Å². The zero-order chi connectivity index (χ0) is 24.5. The summed E-state index contributed by atoms with van der Waals surface area (Å²) in [6, 6.07) is 11.9. The fourth-order valence-electron chi connectivity index (χ4n) is 3.68. The van der Waals surface area contributed by atoms with E-state index < -0.39 is 17.0 Å². The van der Waals surface area contributed by atoms with E-state index in [1.807, 2.05) is 40.7 Å². The summed E-state index contributed by atoms with van der Waals surface area (Å²) in [5.41, 5.74) is 2.94. The molecule has 0 bridgehead atoms. The van der Waals surface area contributed by atoms with Crippen molar-refractivity contribution in [3.05, 3.63) is 99.3 Å². The van der Waals surface area contributed by atoms with E-state index in [-0.39, 0.29) is 23.5 Å². The Balaban J connectivity index is 2.16. The molecule has 0 atom stereocenters. The quantitative estimate of drug-likeness (QED) is 0.378. The molecule has 3 aromatic carbocycles. The van der Waals surface area contributed by atoms with Gasteiger partial charge in [0.2, 0.25) is 0 Å². The molecule has 0 amide bonds. The highest BCUT2D eigenvalue weighted by Crippen LogP contribution is 2.41. The first-order chi connectivity index (χ1) is 15.4. The fraction of sp³-hybridized carbons (Fsp3) is 0.286. The summed E-state index contributed by atoms with van der Waals surface area (Å²) < 4.78 is 45.6. The van der Waals surface area contributed by atoms with E-state index >= 15 is 8.78 Å². The van der Waals surface area contributed by atoms with Gasteiger partial charge in [-0.15, -0.1) is 0 Å². The minimum Gasteiger partial charge on any atom is -0.351 e. The van der Waals surface area contributed by atoms with Crippen molar-refractivity contribution in [2.75, 3.05) is 5.32 Å². The van der Waals surface area contributed by atoms with Gasteiger partial charge in [0.25, 0.3) is 0 Å². The Morgan fingerprint density at radius 1 is 0.939 bits per heavy atom. The van der Waals surface area contributed by atoms with E-state index in [2.05, 4.69) is 11.9 Å². The number of hydrogen-bond acceptors (Lipinski definition) is 1. The van der Waals surface area contributed by atoms with E-state index in [0.29, 0.717) is 39.4 Å². The first-order valence-corrected chi connectivity index (χ1v) is 11.3. The van der Waals surface area contributed by atoms with Gasteiger partial charge in [0.1, 0.15) is 5.82 Å². The smallest absolute Gasteiger partial charge is 0.183 e. The second-order valence-electron chi connectivity index (χ2n) is 9.34.